The Morgan fingerprint density at radius 1 is 0.367 bits per heavy atom. The molecule has 0 saturated carbocycles. The van der Waals surface area contributed by atoms with Crippen LogP contribution in [0.4, 0.5) is 0 Å². The highest BCUT2D eigenvalue weighted by molar-refractivity contribution is 6.09. The largest absolute Gasteiger partial charge is 0.309 e. The average Bonchev–Trinajstić information content (AvgIpc) is 3.57. The lowest BCUT2D eigenvalue weighted by Crippen LogP contribution is -2.00. The summed E-state index contributed by atoms with van der Waals surface area (Å²) >= 11 is 0. The minimum Gasteiger partial charge on any atom is -0.309 e. The number of rotatable bonds is 6. The lowest BCUT2D eigenvalue weighted by molar-refractivity contribution is 1.07. The van der Waals surface area contributed by atoms with Crippen LogP contribution in [0.15, 0.2) is 182 Å². The SMILES string of the molecule is [2H]c1c([2H])c([2H])c(-c2nc(-c3ccc(-c4ccccc4)cc3)nc(-c3cccc(-c4cccc(-n5c6ccccc6c6ccccc65)c4)c3)n2)c([2H])c1[2H]. The maximum atomic E-state index is 8.70. The smallest absolute Gasteiger partial charge is 0.164 e. The summed E-state index contributed by atoms with van der Waals surface area (Å²) in [7, 11) is 0. The van der Waals surface area contributed by atoms with Gasteiger partial charge in [-0.2, -0.15) is 0 Å². The monoisotopic (exact) mass is 631 g/mol. The summed E-state index contributed by atoms with van der Waals surface area (Å²) < 4.78 is 44.5. The van der Waals surface area contributed by atoms with Crippen LogP contribution in [-0.2, 0) is 0 Å². The van der Waals surface area contributed by atoms with Crippen LogP contribution in [0.1, 0.15) is 6.85 Å². The number of aromatic nitrogens is 4. The van der Waals surface area contributed by atoms with Gasteiger partial charge in [-0.15, -0.1) is 0 Å². The second kappa shape index (κ2) is 12.2. The van der Waals surface area contributed by atoms with Crippen LogP contribution in [0, 0.1) is 0 Å². The molecule has 0 fully saturated rings. The number of hydrogen-bond donors (Lipinski definition) is 0. The van der Waals surface area contributed by atoms with E-state index in [4.69, 9.17) is 21.8 Å². The number of nitrogens with zero attached hydrogens (tertiary/aromatic N) is 4. The van der Waals surface area contributed by atoms with Crippen molar-refractivity contribution in [3.63, 3.8) is 0 Å². The summed E-state index contributed by atoms with van der Waals surface area (Å²) in [6.45, 7) is 0. The molecule has 0 unspecified atom stereocenters. The van der Waals surface area contributed by atoms with Crippen LogP contribution in [0.3, 0.4) is 0 Å². The van der Waals surface area contributed by atoms with Crippen molar-refractivity contribution in [3.8, 4) is 62.1 Å². The predicted molar refractivity (Wildman–Crippen MR) is 201 cm³/mol. The minimum atomic E-state index is -0.476. The third-order valence-electron chi connectivity index (χ3n) is 8.75. The molecule has 0 bridgehead atoms. The molecule has 0 saturated heterocycles. The van der Waals surface area contributed by atoms with Gasteiger partial charge in [-0.05, 0) is 52.6 Å². The molecule has 2 heterocycles. The van der Waals surface area contributed by atoms with Gasteiger partial charge in [0.1, 0.15) is 0 Å². The molecule has 9 aromatic rings. The summed E-state index contributed by atoms with van der Waals surface area (Å²) in [5.41, 5.74) is 8.60. The Kier molecular flexibility index (Phi) is 5.87. The minimum absolute atomic E-state index is 0.00194. The lowest BCUT2D eigenvalue weighted by atomic mass is 10.0. The lowest BCUT2D eigenvalue weighted by Gasteiger charge is -2.12. The first kappa shape index (κ1) is 23.6. The van der Waals surface area contributed by atoms with E-state index in [0.29, 0.717) is 22.8 Å². The highest BCUT2D eigenvalue weighted by Gasteiger charge is 2.15. The molecule has 0 atom stereocenters. The summed E-state index contributed by atoms with van der Waals surface area (Å²) in [4.78, 5) is 14.4. The summed E-state index contributed by atoms with van der Waals surface area (Å²) in [5.74, 6) is 0.632. The molecule has 0 amide bonds. The Bertz CT molecular complexity index is 2810. The number of para-hydroxylation sites is 2. The van der Waals surface area contributed by atoms with Gasteiger partial charge in [0, 0.05) is 33.2 Å². The molecule has 0 aliphatic carbocycles. The predicted octanol–water partition coefficient (Wildman–Crippen LogP) is 11.3. The van der Waals surface area contributed by atoms with E-state index < -0.39 is 18.1 Å². The summed E-state index contributed by atoms with van der Waals surface area (Å²) in [5, 5.41) is 2.38. The topological polar surface area (TPSA) is 43.6 Å². The Morgan fingerprint density at radius 2 is 0.857 bits per heavy atom. The van der Waals surface area contributed by atoms with Crippen molar-refractivity contribution in [3.05, 3.63) is 182 Å². The van der Waals surface area contributed by atoms with Gasteiger partial charge in [-0.3, -0.25) is 0 Å². The Hall–Kier alpha value is -6.65. The normalized spacial score (nSPS) is 12.7. The first-order chi connectivity index (χ1) is 26.4. The van der Waals surface area contributed by atoms with E-state index in [1.165, 1.54) is 10.8 Å². The van der Waals surface area contributed by atoms with Crippen LogP contribution in [0.2, 0.25) is 0 Å². The fraction of sp³-hybridized carbons (Fsp3) is 0. The molecule has 7 aromatic carbocycles. The van der Waals surface area contributed by atoms with Crippen molar-refractivity contribution in [2.75, 3.05) is 0 Å². The first-order valence-electron chi connectivity index (χ1n) is 18.5. The fourth-order valence-corrected chi connectivity index (χ4v) is 6.41. The zero-order chi connectivity index (χ0) is 36.9. The molecule has 4 nitrogen and oxygen atoms in total. The van der Waals surface area contributed by atoms with Gasteiger partial charge in [0.15, 0.2) is 17.5 Å². The Balaban J connectivity index is 1.18. The van der Waals surface area contributed by atoms with Crippen LogP contribution in [0.5, 0.6) is 0 Å². The van der Waals surface area contributed by atoms with E-state index in [9.17, 15) is 0 Å². The quantitative estimate of drug-likeness (QED) is 0.183. The highest BCUT2D eigenvalue weighted by Crippen LogP contribution is 2.34. The van der Waals surface area contributed by atoms with Gasteiger partial charge in [0.2, 0.25) is 0 Å². The van der Waals surface area contributed by atoms with Gasteiger partial charge in [-0.1, -0.05) is 152 Å². The Morgan fingerprint density at radius 3 is 1.55 bits per heavy atom. The maximum Gasteiger partial charge on any atom is 0.164 e. The second-order valence-electron chi connectivity index (χ2n) is 11.8. The summed E-state index contributed by atoms with van der Waals surface area (Å²) in [6.07, 6.45) is 0. The van der Waals surface area contributed by atoms with E-state index in [-0.39, 0.29) is 23.5 Å². The average molecular weight is 632 g/mol. The molecule has 9 rings (SSSR count). The molecule has 4 heteroatoms. The molecule has 0 aliphatic rings. The van der Waals surface area contributed by atoms with Crippen molar-refractivity contribution < 1.29 is 6.85 Å². The Labute approximate surface area is 291 Å². The zero-order valence-corrected chi connectivity index (χ0v) is 26.2. The van der Waals surface area contributed by atoms with Crippen molar-refractivity contribution in [1.29, 1.82) is 0 Å². The third kappa shape index (κ3) is 5.35. The standard InChI is InChI=1S/C45H30N4/c1-3-13-31(14-4-1)32-25-27-34(28-26-32)44-46-43(33-15-5-2-6-16-33)47-45(48-44)37-19-11-17-35(29-37)36-18-12-20-38(30-36)49-41-23-9-7-21-39(41)40-22-8-10-24-42(40)49/h1-30H/i2D,5D,6D,15D,16D. The van der Waals surface area contributed by atoms with Crippen molar-refractivity contribution in [2.45, 2.75) is 0 Å². The van der Waals surface area contributed by atoms with Crippen molar-refractivity contribution in [2.24, 2.45) is 0 Å². The van der Waals surface area contributed by atoms with E-state index >= 15 is 0 Å². The van der Waals surface area contributed by atoms with Gasteiger partial charge >= 0.3 is 0 Å². The first-order valence-corrected chi connectivity index (χ1v) is 16.0. The van der Waals surface area contributed by atoms with Crippen molar-refractivity contribution >= 4 is 21.8 Å². The number of fused-ring (bicyclic) bond motifs is 3. The second-order valence-corrected chi connectivity index (χ2v) is 11.8. The third-order valence-corrected chi connectivity index (χ3v) is 8.75. The zero-order valence-electron chi connectivity index (χ0n) is 31.2. The van der Waals surface area contributed by atoms with E-state index in [0.717, 1.165) is 39.0 Å². The van der Waals surface area contributed by atoms with Gasteiger partial charge in [-0.25, -0.2) is 15.0 Å². The molecular weight excluding hydrogens is 597 g/mol. The van der Waals surface area contributed by atoms with E-state index in [2.05, 4.69) is 77.4 Å². The van der Waals surface area contributed by atoms with Crippen molar-refractivity contribution in [1.82, 2.24) is 19.5 Å². The number of hydrogen-bond acceptors (Lipinski definition) is 3. The van der Waals surface area contributed by atoms with E-state index in [1.807, 2.05) is 78.9 Å². The molecule has 230 valence electrons. The fourth-order valence-electron chi connectivity index (χ4n) is 6.41. The van der Waals surface area contributed by atoms with Crippen LogP contribution >= 0.6 is 0 Å². The summed E-state index contributed by atoms with van der Waals surface area (Å²) in [6, 6.07) is 48.9. The van der Waals surface area contributed by atoms with Crippen LogP contribution in [0.25, 0.3) is 83.9 Å². The van der Waals surface area contributed by atoms with Gasteiger partial charge in [0.05, 0.1) is 17.9 Å². The molecule has 0 spiro atoms. The highest BCUT2D eigenvalue weighted by atomic mass is 15.0. The van der Waals surface area contributed by atoms with Gasteiger partial charge in [0.25, 0.3) is 0 Å². The van der Waals surface area contributed by atoms with Crippen LogP contribution in [-0.4, -0.2) is 19.5 Å². The molecule has 49 heavy (non-hydrogen) atoms. The van der Waals surface area contributed by atoms with Gasteiger partial charge < -0.3 is 4.57 Å². The maximum absolute atomic E-state index is 8.70. The van der Waals surface area contributed by atoms with E-state index in [1.54, 1.807) is 0 Å². The molecule has 0 N–H and O–H groups in total. The molecule has 0 radical (unpaired) electrons. The molecule has 2 aromatic heterocycles. The molecule has 0 aliphatic heterocycles. The molecular formula is C45H30N4. The van der Waals surface area contributed by atoms with Crippen LogP contribution < -0.4 is 0 Å². The number of benzene rings is 7.